The van der Waals surface area contributed by atoms with Crippen molar-refractivity contribution in [3.05, 3.63) is 77.5 Å². The van der Waals surface area contributed by atoms with E-state index in [0.29, 0.717) is 23.4 Å². The third-order valence-electron chi connectivity index (χ3n) is 4.20. The summed E-state index contributed by atoms with van der Waals surface area (Å²) in [6, 6.07) is 13.0. The van der Waals surface area contributed by atoms with Gasteiger partial charge in [-0.15, -0.1) is 0 Å². The van der Waals surface area contributed by atoms with Crippen molar-refractivity contribution in [1.29, 1.82) is 0 Å². The summed E-state index contributed by atoms with van der Waals surface area (Å²) >= 11 is 0. The lowest BCUT2D eigenvalue weighted by atomic mass is 10.0. The van der Waals surface area contributed by atoms with Crippen molar-refractivity contribution in [2.45, 2.75) is 6.92 Å². The predicted octanol–water partition coefficient (Wildman–Crippen LogP) is 4.13. The minimum atomic E-state index is -0.0904. The van der Waals surface area contributed by atoms with Gasteiger partial charge in [0.15, 0.2) is 0 Å². The fourth-order valence-corrected chi connectivity index (χ4v) is 2.94. The Balaban J connectivity index is 1.81. The number of benzene rings is 1. The first-order chi connectivity index (χ1) is 13.3. The number of nitrogens with zero attached hydrogens (tertiary/aromatic N) is 2. The van der Waals surface area contributed by atoms with Gasteiger partial charge in [0.25, 0.3) is 0 Å². The fourth-order valence-electron chi connectivity index (χ4n) is 2.94. The molecule has 0 unspecified atom stereocenters. The van der Waals surface area contributed by atoms with Crippen LogP contribution in [0.2, 0.25) is 0 Å². The Morgan fingerprint density at radius 3 is 2.70 bits per heavy atom. The summed E-state index contributed by atoms with van der Waals surface area (Å²) in [6.45, 7) is 2.54. The SMILES string of the molecule is CCOc1ccc(-c2c[nH]c3ccnc(Nc4cccnc4)c3c2=O)cc1. The molecule has 0 radical (unpaired) electrons. The van der Waals surface area contributed by atoms with Crippen LogP contribution in [0.15, 0.2) is 72.0 Å². The van der Waals surface area contributed by atoms with Gasteiger partial charge in [-0.05, 0) is 42.8 Å². The van der Waals surface area contributed by atoms with Crippen molar-refractivity contribution in [2.24, 2.45) is 0 Å². The van der Waals surface area contributed by atoms with Crippen LogP contribution in [0.25, 0.3) is 22.0 Å². The molecule has 4 aromatic rings. The van der Waals surface area contributed by atoms with Gasteiger partial charge < -0.3 is 15.0 Å². The van der Waals surface area contributed by atoms with Crippen LogP contribution in [0, 0.1) is 0 Å². The van der Waals surface area contributed by atoms with E-state index in [-0.39, 0.29) is 5.43 Å². The fraction of sp³-hybridized carbons (Fsp3) is 0.0952. The molecule has 6 heteroatoms. The van der Waals surface area contributed by atoms with Gasteiger partial charge in [0.1, 0.15) is 11.6 Å². The van der Waals surface area contributed by atoms with Crippen molar-refractivity contribution < 1.29 is 4.74 Å². The monoisotopic (exact) mass is 358 g/mol. The molecule has 27 heavy (non-hydrogen) atoms. The maximum Gasteiger partial charge on any atom is 0.200 e. The van der Waals surface area contributed by atoms with Crippen LogP contribution < -0.4 is 15.5 Å². The number of hydrogen-bond donors (Lipinski definition) is 2. The summed E-state index contributed by atoms with van der Waals surface area (Å²) in [7, 11) is 0. The highest BCUT2D eigenvalue weighted by atomic mass is 16.5. The van der Waals surface area contributed by atoms with E-state index in [1.807, 2.05) is 43.3 Å². The van der Waals surface area contributed by atoms with Crippen LogP contribution in [-0.2, 0) is 0 Å². The van der Waals surface area contributed by atoms with Crippen LogP contribution in [0.4, 0.5) is 11.5 Å². The second-order valence-corrected chi connectivity index (χ2v) is 5.94. The minimum absolute atomic E-state index is 0.0904. The van der Waals surface area contributed by atoms with E-state index < -0.39 is 0 Å². The van der Waals surface area contributed by atoms with Crippen molar-refractivity contribution in [2.75, 3.05) is 11.9 Å². The Hall–Kier alpha value is -3.67. The summed E-state index contributed by atoms with van der Waals surface area (Å²) in [5.41, 5.74) is 2.79. The molecule has 0 aliphatic carbocycles. The van der Waals surface area contributed by atoms with E-state index >= 15 is 0 Å². The van der Waals surface area contributed by atoms with Crippen molar-refractivity contribution >= 4 is 22.4 Å². The minimum Gasteiger partial charge on any atom is -0.494 e. The number of aromatic amines is 1. The van der Waals surface area contributed by atoms with Crippen LogP contribution in [0.1, 0.15) is 6.92 Å². The molecule has 0 bridgehead atoms. The molecule has 0 fully saturated rings. The van der Waals surface area contributed by atoms with Crippen LogP contribution >= 0.6 is 0 Å². The average Bonchev–Trinajstić information content (AvgIpc) is 2.70. The lowest BCUT2D eigenvalue weighted by Crippen LogP contribution is -2.10. The topological polar surface area (TPSA) is 79.9 Å². The highest BCUT2D eigenvalue weighted by Crippen LogP contribution is 2.24. The lowest BCUT2D eigenvalue weighted by Gasteiger charge is -2.10. The molecule has 6 nitrogen and oxygen atoms in total. The number of fused-ring (bicyclic) bond motifs is 1. The number of hydrogen-bond acceptors (Lipinski definition) is 5. The highest BCUT2D eigenvalue weighted by Gasteiger charge is 2.12. The normalized spacial score (nSPS) is 10.7. The predicted molar refractivity (Wildman–Crippen MR) is 106 cm³/mol. The molecule has 0 spiro atoms. The van der Waals surface area contributed by atoms with E-state index in [0.717, 1.165) is 22.5 Å². The van der Waals surface area contributed by atoms with Gasteiger partial charge in [-0.1, -0.05) is 12.1 Å². The molecular formula is C21H18N4O2. The third kappa shape index (κ3) is 3.37. The molecule has 2 N–H and O–H groups in total. The molecule has 0 saturated carbocycles. The molecule has 3 heterocycles. The highest BCUT2D eigenvalue weighted by molar-refractivity contribution is 5.93. The molecule has 3 aromatic heterocycles. The second-order valence-electron chi connectivity index (χ2n) is 5.94. The molecule has 0 saturated heterocycles. The first kappa shape index (κ1) is 16.8. The van der Waals surface area contributed by atoms with Crippen LogP contribution in [0.5, 0.6) is 5.75 Å². The Kier molecular flexibility index (Phi) is 4.53. The van der Waals surface area contributed by atoms with Crippen LogP contribution in [-0.4, -0.2) is 21.6 Å². The zero-order valence-corrected chi connectivity index (χ0v) is 14.8. The summed E-state index contributed by atoms with van der Waals surface area (Å²) in [4.78, 5) is 24.8. The first-order valence-corrected chi connectivity index (χ1v) is 8.67. The largest absolute Gasteiger partial charge is 0.494 e. The average molecular weight is 358 g/mol. The van der Waals surface area contributed by atoms with E-state index in [1.54, 1.807) is 30.9 Å². The van der Waals surface area contributed by atoms with Gasteiger partial charge >= 0.3 is 0 Å². The Morgan fingerprint density at radius 2 is 1.96 bits per heavy atom. The number of aromatic nitrogens is 3. The first-order valence-electron chi connectivity index (χ1n) is 8.67. The van der Waals surface area contributed by atoms with E-state index in [9.17, 15) is 4.79 Å². The standard InChI is InChI=1S/C21H18N4O2/c1-2-27-16-7-5-14(6-8-16)17-13-24-18-9-11-23-21(19(18)20(17)26)25-15-4-3-10-22-12-15/h3-13H,2H2,1H3,(H,23,25)(H,24,26). The van der Waals surface area contributed by atoms with Gasteiger partial charge in [-0.2, -0.15) is 0 Å². The van der Waals surface area contributed by atoms with E-state index in [2.05, 4.69) is 20.3 Å². The summed E-state index contributed by atoms with van der Waals surface area (Å²) in [5.74, 6) is 1.27. The smallest absolute Gasteiger partial charge is 0.200 e. The van der Waals surface area contributed by atoms with Gasteiger partial charge in [0.05, 0.1) is 29.4 Å². The third-order valence-corrected chi connectivity index (χ3v) is 4.20. The molecule has 4 rings (SSSR count). The quantitative estimate of drug-likeness (QED) is 0.561. The number of H-pyrrole nitrogens is 1. The number of pyridine rings is 3. The molecule has 1 aromatic carbocycles. The molecule has 134 valence electrons. The zero-order chi connectivity index (χ0) is 18.6. The van der Waals surface area contributed by atoms with E-state index in [4.69, 9.17) is 4.74 Å². The summed E-state index contributed by atoms with van der Waals surface area (Å²) in [5, 5.41) is 3.69. The molecule has 0 aliphatic rings. The van der Waals surface area contributed by atoms with Crippen molar-refractivity contribution in [3.63, 3.8) is 0 Å². The summed E-state index contributed by atoms with van der Waals surface area (Å²) in [6.07, 6.45) is 6.77. The van der Waals surface area contributed by atoms with Crippen LogP contribution in [0.3, 0.4) is 0 Å². The zero-order valence-electron chi connectivity index (χ0n) is 14.8. The number of ether oxygens (including phenoxy) is 1. The molecule has 0 atom stereocenters. The lowest BCUT2D eigenvalue weighted by molar-refractivity contribution is 0.340. The second kappa shape index (κ2) is 7.29. The van der Waals surface area contributed by atoms with Gasteiger partial charge in [-0.3, -0.25) is 9.78 Å². The Bertz CT molecular complexity index is 1120. The Morgan fingerprint density at radius 1 is 1.11 bits per heavy atom. The molecular weight excluding hydrogens is 340 g/mol. The molecule has 0 aliphatic heterocycles. The van der Waals surface area contributed by atoms with Gasteiger partial charge in [0, 0.05) is 24.2 Å². The molecule has 0 amide bonds. The number of nitrogens with one attached hydrogen (secondary N) is 2. The number of rotatable bonds is 5. The van der Waals surface area contributed by atoms with Crippen molar-refractivity contribution in [1.82, 2.24) is 15.0 Å². The maximum atomic E-state index is 13.2. The number of anilines is 2. The summed E-state index contributed by atoms with van der Waals surface area (Å²) < 4.78 is 5.47. The van der Waals surface area contributed by atoms with Crippen molar-refractivity contribution in [3.8, 4) is 16.9 Å². The maximum absolute atomic E-state index is 13.2. The van der Waals surface area contributed by atoms with E-state index in [1.165, 1.54) is 0 Å². The Labute approximate surface area is 155 Å². The van der Waals surface area contributed by atoms with Gasteiger partial charge in [-0.25, -0.2) is 4.98 Å². The van der Waals surface area contributed by atoms with Gasteiger partial charge in [0.2, 0.25) is 5.43 Å².